The fraction of sp³-hybridized carbons (Fsp3) is 0.500. The zero-order valence-electron chi connectivity index (χ0n) is 17.8. The van der Waals surface area contributed by atoms with Crippen molar-refractivity contribution in [2.24, 2.45) is 0 Å². The van der Waals surface area contributed by atoms with Crippen molar-refractivity contribution in [2.75, 3.05) is 25.0 Å². The minimum Gasteiger partial charge on any atom is -0.480 e. The van der Waals surface area contributed by atoms with Gasteiger partial charge < -0.3 is 15.5 Å². The second-order valence-corrected chi connectivity index (χ2v) is 8.47. The number of nitrogens with one attached hydrogen (secondary N) is 1. The van der Waals surface area contributed by atoms with Gasteiger partial charge in [0.25, 0.3) is 0 Å². The highest BCUT2D eigenvalue weighted by molar-refractivity contribution is 6.35. The van der Waals surface area contributed by atoms with Crippen LogP contribution in [-0.2, 0) is 29.1 Å². The number of aryl methyl sites for hydroxylation is 2. The highest BCUT2D eigenvalue weighted by atomic mass is 35.5. The van der Waals surface area contributed by atoms with Crippen molar-refractivity contribution in [1.82, 2.24) is 15.0 Å². The first-order valence-electron chi connectivity index (χ1n) is 10.7. The number of rotatable bonds is 12. The fourth-order valence-corrected chi connectivity index (χ4v) is 4.10. The minimum atomic E-state index is -1.06. The molecule has 0 amide bonds. The molecule has 8 nitrogen and oxygen atoms in total. The summed E-state index contributed by atoms with van der Waals surface area (Å²) in [4.78, 5) is 26.2. The van der Waals surface area contributed by atoms with E-state index in [-0.39, 0.29) is 19.6 Å². The van der Waals surface area contributed by atoms with Gasteiger partial charge in [0.05, 0.1) is 16.7 Å². The van der Waals surface area contributed by atoms with Crippen LogP contribution in [-0.4, -0.2) is 57.0 Å². The molecule has 0 aliphatic carbocycles. The number of aliphatic carboxylic acids is 1. The summed E-state index contributed by atoms with van der Waals surface area (Å²) >= 11 is 12.3. The number of aliphatic hydroxyl groups excluding tert-OH is 1. The van der Waals surface area contributed by atoms with E-state index in [1.165, 1.54) is 23.0 Å². The molecule has 3 rings (SSSR count). The first kappa shape index (κ1) is 24.7. The number of anilines is 1. The summed E-state index contributed by atoms with van der Waals surface area (Å²) in [6.45, 7) is 1.07. The number of halogens is 2. The van der Waals surface area contributed by atoms with E-state index in [0.717, 1.165) is 43.7 Å². The number of nitrogens with zero attached hydrogens (tertiary/aromatic N) is 3. The molecule has 1 atom stereocenters. The van der Waals surface area contributed by atoms with E-state index in [2.05, 4.69) is 22.4 Å². The van der Waals surface area contributed by atoms with E-state index < -0.39 is 12.0 Å². The number of fused-ring (bicyclic) bond motifs is 1. The molecule has 0 saturated carbocycles. The number of hydroxylamine groups is 2. The van der Waals surface area contributed by atoms with Crippen LogP contribution in [0.1, 0.15) is 42.5 Å². The van der Waals surface area contributed by atoms with Gasteiger partial charge in [-0.1, -0.05) is 29.3 Å². The molecule has 3 heterocycles. The topological polar surface area (TPSA) is 108 Å². The van der Waals surface area contributed by atoms with Gasteiger partial charge in [-0.15, -0.1) is 0 Å². The number of carbonyl (C=O) groups is 1. The number of carboxylic acids is 1. The number of aromatic nitrogens is 2. The minimum absolute atomic E-state index is 0.00738. The van der Waals surface area contributed by atoms with Crippen LogP contribution in [0.2, 0.25) is 10.0 Å². The Morgan fingerprint density at radius 3 is 2.75 bits per heavy atom. The van der Waals surface area contributed by atoms with Gasteiger partial charge in [-0.2, -0.15) is 5.06 Å². The van der Waals surface area contributed by atoms with Crippen LogP contribution in [0.4, 0.5) is 5.82 Å². The SMILES string of the molecule is O=C(O)[C@@H](CCO)N(CCCCc1ccc2c(n1)NCCC2)OCc1c(Cl)cncc1Cl. The van der Waals surface area contributed by atoms with Crippen molar-refractivity contribution < 1.29 is 19.8 Å². The molecule has 0 radical (unpaired) electrons. The zero-order valence-corrected chi connectivity index (χ0v) is 19.3. The Bertz CT molecular complexity index is 895. The third-order valence-electron chi connectivity index (χ3n) is 5.38. The van der Waals surface area contributed by atoms with Crippen molar-refractivity contribution in [3.05, 3.63) is 51.4 Å². The summed E-state index contributed by atoms with van der Waals surface area (Å²) in [6, 6.07) is 3.20. The van der Waals surface area contributed by atoms with E-state index in [1.807, 2.05) is 0 Å². The summed E-state index contributed by atoms with van der Waals surface area (Å²) in [5.74, 6) is -0.0906. The zero-order chi connectivity index (χ0) is 22.9. The fourth-order valence-electron chi connectivity index (χ4n) is 3.63. The molecule has 0 spiro atoms. The molecule has 2 aromatic heterocycles. The summed E-state index contributed by atoms with van der Waals surface area (Å²) in [5.41, 5.74) is 2.79. The van der Waals surface area contributed by atoms with E-state index in [9.17, 15) is 15.0 Å². The lowest BCUT2D eigenvalue weighted by molar-refractivity contribution is -0.209. The average molecular weight is 483 g/mol. The van der Waals surface area contributed by atoms with Crippen molar-refractivity contribution in [3.8, 4) is 0 Å². The number of aliphatic hydroxyl groups is 1. The average Bonchev–Trinajstić information content (AvgIpc) is 2.78. The second kappa shape index (κ2) is 12.3. The molecule has 0 aromatic carbocycles. The van der Waals surface area contributed by atoms with Gasteiger partial charge in [-0.05, 0) is 50.2 Å². The maximum Gasteiger partial charge on any atom is 0.323 e. The van der Waals surface area contributed by atoms with Crippen LogP contribution < -0.4 is 5.32 Å². The van der Waals surface area contributed by atoms with Crippen molar-refractivity contribution >= 4 is 35.0 Å². The van der Waals surface area contributed by atoms with E-state index >= 15 is 0 Å². The number of hydrogen-bond acceptors (Lipinski definition) is 7. The summed E-state index contributed by atoms with van der Waals surface area (Å²) in [6.07, 6.45) is 7.42. The molecular formula is C22H28Cl2N4O4. The summed E-state index contributed by atoms with van der Waals surface area (Å²) in [5, 5.41) is 24.4. The Hall–Kier alpha value is -1.97. The molecule has 3 N–H and O–H groups in total. The largest absolute Gasteiger partial charge is 0.480 e. The van der Waals surface area contributed by atoms with Gasteiger partial charge in [-0.3, -0.25) is 14.6 Å². The molecule has 1 aliphatic heterocycles. The molecule has 2 aromatic rings. The molecule has 0 saturated heterocycles. The molecule has 174 valence electrons. The lowest BCUT2D eigenvalue weighted by Gasteiger charge is -2.28. The Morgan fingerprint density at radius 2 is 2.03 bits per heavy atom. The van der Waals surface area contributed by atoms with Gasteiger partial charge >= 0.3 is 5.97 Å². The van der Waals surface area contributed by atoms with Crippen LogP contribution in [0.3, 0.4) is 0 Å². The van der Waals surface area contributed by atoms with Crippen LogP contribution in [0.15, 0.2) is 24.5 Å². The quantitative estimate of drug-likeness (QED) is 0.310. The Balaban J connectivity index is 1.58. The maximum atomic E-state index is 11.8. The monoisotopic (exact) mass is 482 g/mol. The van der Waals surface area contributed by atoms with Crippen LogP contribution in [0, 0.1) is 0 Å². The van der Waals surface area contributed by atoms with E-state index in [0.29, 0.717) is 28.6 Å². The molecule has 10 heteroatoms. The Morgan fingerprint density at radius 1 is 1.25 bits per heavy atom. The normalized spacial score (nSPS) is 14.1. The first-order chi connectivity index (χ1) is 15.5. The molecule has 0 fully saturated rings. The third kappa shape index (κ3) is 6.76. The van der Waals surface area contributed by atoms with E-state index in [1.54, 1.807) is 0 Å². The number of unbranched alkanes of at least 4 members (excludes halogenated alkanes) is 1. The van der Waals surface area contributed by atoms with Gasteiger partial charge in [-0.25, -0.2) is 4.98 Å². The maximum absolute atomic E-state index is 11.8. The van der Waals surface area contributed by atoms with Crippen molar-refractivity contribution in [3.63, 3.8) is 0 Å². The van der Waals surface area contributed by atoms with Gasteiger partial charge in [0.1, 0.15) is 11.9 Å². The van der Waals surface area contributed by atoms with Gasteiger partial charge in [0, 0.05) is 43.3 Å². The number of hydrogen-bond donors (Lipinski definition) is 3. The predicted octanol–water partition coefficient (Wildman–Crippen LogP) is 3.73. The highest BCUT2D eigenvalue weighted by Crippen LogP contribution is 2.25. The van der Waals surface area contributed by atoms with Gasteiger partial charge in [0.15, 0.2) is 0 Å². The van der Waals surface area contributed by atoms with Crippen LogP contribution in [0.5, 0.6) is 0 Å². The lowest BCUT2D eigenvalue weighted by Crippen LogP contribution is -2.42. The summed E-state index contributed by atoms with van der Waals surface area (Å²) < 4.78 is 0. The molecule has 0 bridgehead atoms. The Kier molecular flexibility index (Phi) is 9.50. The van der Waals surface area contributed by atoms with Crippen molar-refractivity contribution in [1.29, 1.82) is 0 Å². The molecule has 1 aliphatic rings. The van der Waals surface area contributed by atoms with E-state index in [4.69, 9.17) is 33.0 Å². The molecular weight excluding hydrogens is 455 g/mol. The van der Waals surface area contributed by atoms with Crippen LogP contribution >= 0.6 is 23.2 Å². The lowest BCUT2D eigenvalue weighted by atomic mass is 10.1. The standard InChI is InChI=1S/C22H28Cl2N4O4/c23-18-12-25-13-19(24)17(18)14-32-28(20(8-11-29)22(30)31)10-2-1-5-16-7-6-15-4-3-9-26-21(15)27-16/h6-7,12-13,20,29H,1-5,8-11,14H2,(H,26,27)(H,30,31)/t20-/m1/s1. The molecule has 0 unspecified atom stereocenters. The smallest absolute Gasteiger partial charge is 0.323 e. The van der Waals surface area contributed by atoms with Gasteiger partial charge in [0.2, 0.25) is 0 Å². The predicted molar refractivity (Wildman–Crippen MR) is 123 cm³/mol. The second-order valence-electron chi connectivity index (χ2n) is 7.66. The summed E-state index contributed by atoms with van der Waals surface area (Å²) in [7, 11) is 0. The number of carboxylic acid groups (broad SMARTS) is 1. The Labute approximate surface area is 197 Å². The van der Waals surface area contributed by atoms with Crippen molar-refractivity contribution in [2.45, 2.75) is 51.2 Å². The number of pyridine rings is 2. The van der Waals surface area contributed by atoms with Crippen LogP contribution in [0.25, 0.3) is 0 Å². The highest BCUT2D eigenvalue weighted by Gasteiger charge is 2.26. The molecule has 32 heavy (non-hydrogen) atoms. The first-order valence-corrected chi connectivity index (χ1v) is 11.5. The third-order valence-corrected chi connectivity index (χ3v) is 6.03.